The van der Waals surface area contributed by atoms with Crippen LogP contribution in [0, 0.1) is 11.7 Å². The van der Waals surface area contributed by atoms with E-state index in [9.17, 15) is 0 Å². The fourth-order valence-electron chi connectivity index (χ4n) is 1.55. The Balaban J connectivity index is 2.45. The quantitative estimate of drug-likeness (QED) is 0.748. The smallest absolute Gasteiger partial charge is 0.198 e. The fraction of sp³-hybridized carbons (Fsp3) is 0.636. The second-order valence-corrected chi connectivity index (χ2v) is 4.09. The van der Waals surface area contributed by atoms with Crippen LogP contribution in [0.15, 0.2) is 6.07 Å². The molecule has 0 bridgehead atoms. The highest BCUT2D eigenvalue weighted by Crippen LogP contribution is 2.03. The van der Waals surface area contributed by atoms with E-state index in [1.54, 1.807) is 0 Å². The summed E-state index contributed by atoms with van der Waals surface area (Å²) >= 11 is 5.02. The number of aromatic nitrogens is 2. The summed E-state index contributed by atoms with van der Waals surface area (Å²) in [5.41, 5.74) is 1.03. The number of rotatable bonds is 6. The monoisotopic (exact) mass is 240 g/mol. The van der Waals surface area contributed by atoms with Crippen LogP contribution in [-0.2, 0) is 0 Å². The van der Waals surface area contributed by atoms with Gasteiger partial charge in [-0.05, 0) is 38.3 Å². The molecule has 1 aromatic rings. The highest BCUT2D eigenvalue weighted by molar-refractivity contribution is 7.71. The molecular weight excluding hydrogens is 220 g/mol. The fourth-order valence-corrected chi connectivity index (χ4v) is 1.81. The Bertz CT molecular complexity index is 370. The van der Waals surface area contributed by atoms with E-state index in [4.69, 9.17) is 12.2 Å². The largest absolute Gasteiger partial charge is 0.369 e. The summed E-state index contributed by atoms with van der Waals surface area (Å²) in [5, 5.41) is 3.29. The van der Waals surface area contributed by atoms with Crippen molar-refractivity contribution in [2.24, 2.45) is 0 Å². The molecule has 0 radical (unpaired) electrons. The minimum atomic E-state index is 0.533. The first-order chi connectivity index (χ1) is 7.65. The maximum Gasteiger partial charge on any atom is 0.198 e. The summed E-state index contributed by atoms with van der Waals surface area (Å²) < 4.78 is 0.533. The normalized spacial score (nSPS) is 10.8. The Morgan fingerprint density at radius 1 is 1.44 bits per heavy atom. The van der Waals surface area contributed by atoms with Crippen molar-refractivity contribution in [1.82, 2.24) is 14.9 Å². The Morgan fingerprint density at radius 3 is 2.69 bits per heavy atom. The first-order valence-corrected chi connectivity index (χ1v) is 6.10. The Labute approximate surface area is 102 Å². The number of likely N-dealkylation sites (N-methyl/N-ethyl adjacent to an activating group) is 1. The molecular formula is C11H20N4S. The summed E-state index contributed by atoms with van der Waals surface area (Å²) in [5.74, 6) is 0.855. The number of H-pyrrole nitrogens is 1. The van der Waals surface area contributed by atoms with E-state index in [0.717, 1.165) is 37.7 Å². The van der Waals surface area contributed by atoms with Gasteiger partial charge in [-0.15, -0.1) is 0 Å². The molecule has 0 fully saturated rings. The lowest BCUT2D eigenvalue weighted by atomic mass is 10.4. The van der Waals surface area contributed by atoms with Gasteiger partial charge in [-0.25, -0.2) is 4.98 Å². The van der Waals surface area contributed by atoms with Gasteiger partial charge in [-0.1, -0.05) is 13.8 Å². The van der Waals surface area contributed by atoms with Crippen LogP contribution in [0.3, 0.4) is 0 Å². The molecule has 0 aliphatic heterocycles. The van der Waals surface area contributed by atoms with Gasteiger partial charge in [0.05, 0.1) is 0 Å². The molecule has 0 amide bonds. The van der Waals surface area contributed by atoms with Gasteiger partial charge in [0.2, 0.25) is 0 Å². The van der Waals surface area contributed by atoms with Crippen molar-refractivity contribution in [2.75, 3.05) is 31.5 Å². The average Bonchev–Trinajstić information content (AvgIpc) is 2.23. The third kappa shape index (κ3) is 4.28. The van der Waals surface area contributed by atoms with Gasteiger partial charge in [-0.3, -0.25) is 0 Å². The molecule has 0 saturated heterocycles. The summed E-state index contributed by atoms with van der Waals surface area (Å²) in [7, 11) is 0. The van der Waals surface area contributed by atoms with Crippen LogP contribution in [0.5, 0.6) is 0 Å². The van der Waals surface area contributed by atoms with E-state index in [2.05, 4.69) is 34.0 Å². The van der Waals surface area contributed by atoms with Gasteiger partial charge in [0.25, 0.3) is 0 Å². The number of aromatic amines is 1. The first-order valence-electron chi connectivity index (χ1n) is 5.70. The minimum Gasteiger partial charge on any atom is -0.369 e. The molecule has 16 heavy (non-hydrogen) atoms. The van der Waals surface area contributed by atoms with Crippen molar-refractivity contribution < 1.29 is 0 Å². The number of anilines is 1. The van der Waals surface area contributed by atoms with Gasteiger partial charge in [-0.2, -0.15) is 0 Å². The van der Waals surface area contributed by atoms with Crippen molar-refractivity contribution in [3.63, 3.8) is 0 Å². The minimum absolute atomic E-state index is 0.533. The second-order valence-electron chi connectivity index (χ2n) is 3.71. The predicted octanol–water partition coefficient (Wildman–Crippen LogP) is 2.20. The van der Waals surface area contributed by atoms with Crippen molar-refractivity contribution >= 4 is 18.0 Å². The second kappa shape index (κ2) is 6.60. The van der Waals surface area contributed by atoms with Crippen LogP contribution >= 0.6 is 12.2 Å². The van der Waals surface area contributed by atoms with Crippen LogP contribution in [-0.4, -0.2) is 41.0 Å². The number of hydrogen-bond acceptors (Lipinski definition) is 4. The van der Waals surface area contributed by atoms with Gasteiger partial charge < -0.3 is 15.2 Å². The number of aryl methyl sites for hydroxylation is 1. The predicted molar refractivity (Wildman–Crippen MR) is 70.4 cm³/mol. The zero-order valence-corrected chi connectivity index (χ0v) is 11.0. The summed E-state index contributed by atoms with van der Waals surface area (Å²) in [6.45, 7) is 10.4. The number of nitrogens with one attached hydrogen (secondary N) is 2. The van der Waals surface area contributed by atoms with Crippen LogP contribution < -0.4 is 5.32 Å². The standard InChI is InChI=1S/C11H20N4S/c1-4-15(5-2)7-6-12-10-8-9(3)13-11(16)14-10/h8H,4-7H2,1-3H3,(H2,12,13,14,16). The molecule has 0 aromatic carbocycles. The molecule has 0 saturated carbocycles. The van der Waals surface area contributed by atoms with Crippen molar-refractivity contribution in [1.29, 1.82) is 0 Å². The van der Waals surface area contributed by atoms with Crippen LogP contribution in [0.25, 0.3) is 0 Å². The first kappa shape index (κ1) is 13.1. The topological polar surface area (TPSA) is 44.0 Å². The van der Waals surface area contributed by atoms with Crippen LogP contribution in [0.2, 0.25) is 0 Å². The average molecular weight is 240 g/mol. The zero-order valence-electron chi connectivity index (χ0n) is 10.2. The van der Waals surface area contributed by atoms with Gasteiger partial charge in [0.15, 0.2) is 4.77 Å². The third-order valence-corrected chi connectivity index (χ3v) is 2.70. The Hall–Kier alpha value is -0.940. The van der Waals surface area contributed by atoms with E-state index >= 15 is 0 Å². The molecule has 1 heterocycles. The highest BCUT2D eigenvalue weighted by atomic mass is 32.1. The number of nitrogens with zero attached hydrogens (tertiary/aromatic N) is 2. The summed E-state index contributed by atoms with van der Waals surface area (Å²) in [6, 6.07) is 1.97. The maximum absolute atomic E-state index is 5.02. The van der Waals surface area contributed by atoms with Crippen molar-refractivity contribution in [2.45, 2.75) is 20.8 Å². The van der Waals surface area contributed by atoms with Crippen LogP contribution in [0.4, 0.5) is 5.82 Å². The van der Waals surface area contributed by atoms with Gasteiger partial charge in [0.1, 0.15) is 5.82 Å². The highest BCUT2D eigenvalue weighted by Gasteiger charge is 1.99. The molecule has 4 nitrogen and oxygen atoms in total. The van der Waals surface area contributed by atoms with E-state index in [-0.39, 0.29) is 0 Å². The van der Waals surface area contributed by atoms with Crippen LogP contribution in [0.1, 0.15) is 19.5 Å². The third-order valence-electron chi connectivity index (χ3n) is 2.51. The lowest BCUT2D eigenvalue weighted by Gasteiger charge is -2.18. The number of hydrogen-bond donors (Lipinski definition) is 2. The van der Waals surface area contributed by atoms with E-state index in [1.807, 2.05) is 13.0 Å². The molecule has 90 valence electrons. The molecule has 1 aromatic heterocycles. The lowest BCUT2D eigenvalue weighted by molar-refractivity contribution is 0.316. The SMILES string of the molecule is CCN(CC)CCNc1cc(C)[nH]c(=S)n1. The van der Waals surface area contributed by atoms with E-state index < -0.39 is 0 Å². The Kier molecular flexibility index (Phi) is 5.42. The molecule has 1 rings (SSSR count). The van der Waals surface area contributed by atoms with Gasteiger partial charge >= 0.3 is 0 Å². The zero-order chi connectivity index (χ0) is 12.0. The molecule has 5 heteroatoms. The van der Waals surface area contributed by atoms with E-state index in [1.165, 1.54) is 0 Å². The molecule has 0 aliphatic rings. The van der Waals surface area contributed by atoms with Gasteiger partial charge in [0, 0.05) is 18.8 Å². The molecule has 0 atom stereocenters. The van der Waals surface area contributed by atoms with Crippen molar-refractivity contribution in [3.8, 4) is 0 Å². The molecule has 0 aliphatic carbocycles. The lowest BCUT2D eigenvalue weighted by Crippen LogP contribution is -2.28. The molecule has 2 N–H and O–H groups in total. The summed E-state index contributed by atoms with van der Waals surface area (Å²) in [4.78, 5) is 9.56. The van der Waals surface area contributed by atoms with Crippen molar-refractivity contribution in [3.05, 3.63) is 16.5 Å². The molecule has 0 unspecified atom stereocenters. The van der Waals surface area contributed by atoms with E-state index in [0.29, 0.717) is 4.77 Å². The summed E-state index contributed by atoms with van der Waals surface area (Å²) in [6.07, 6.45) is 0. The molecule has 0 spiro atoms. The Morgan fingerprint density at radius 2 is 2.12 bits per heavy atom. The maximum atomic E-state index is 5.02.